The highest BCUT2D eigenvalue weighted by Gasteiger charge is 2.18. The molecule has 5 nitrogen and oxygen atoms in total. The van der Waals surface area contributed by atoms with Crippen LogP contribution < -0.4 is 10.6 Å². The maximum absolute atomic E-state index is 12.1. The van der Waals surface area contributed by atoms with E-state index >= 15 is 0 Å². The maximum atomic E-state index is 12.1. The van der Waals surface area contributed by atoms with E-state index < -0.39 is 0 Å². The number of anilines is 1. The van der Waals surface area contributed by atoms with Gasteiger partial charge in [-0.3, -0.25) is 4.79 Å². The second-order valence-electron chi connectivity index (χ2n) is 4.87. The SMILES string of the molecule is Cl.O=C(CC1COCCN1)Nc1scnc1-c1ccccc1. The number of nitrogens with zero attached hydrogens (tertiary/aromatic N) is 1. The lowest BCUT2D eigenvalue weighted by atomic mass is 10.1. The monoisotopic (exact) mass is 339 g/mol. The Morgan fingerprint density at radius 3 is 2.95 bits per heavy atom. The first-order chi connectivity index (χ1) is 10.3. The molecule has 2 heterocycles. The highest BCUT2D eigenvalue weighted by Crippen LogP contribution is 2.30. The van der Waals surface area contributed by atoms with Gasteiger partial charge in [0, 0.05) is 24.6 Å². The zero-order valence-corrected chi connectivity index (χ0v) is 13.6. The molecule has 1 saturated heterocycles. The van der Waals surface area contributed by atoms with E-state index in [1.165, 1.54) is 11.3 Å². The summed E-state index contributed by atoms with van der Waals surface area (Å²) in [6.07, 6.45) is 0.409. The summed E-state index contributed by atoms with van der Waals surface area (Å²) < 4.78 is 5.36. The summed E-state index contributed by atoms with van der Waals surface area (Å²) in [5.74, 6) is -0.0144. The molecule has 3 rings (SSSR count). The Kier molecular flexibility index (Phi) is 6.33. The van der Waals surface area contributed by atoms with Crippen molar-refractivity contribution in [2.75, 3.05) is 25.1 Å². The lowest BCUT2D eigenvalue weighted by Crippen LogP contribution is -2.43. The van der Waals surface area contributed by atoms with E-state index in [1.807, 2.05) is 30.3 Å². The van der Waals surface area contributed by atoms with Crippen molar-refractivity contribution in [1.29, 1.82) is 0 Å². The number of aromatic nitrogens is 1. The summed E-state index contributed by atoms with van der Waals surface area (Å²) in [4.78, 5) is 16.5. The smallest absolute Gasteiger partial charge is 0.226 e. The first-order valence-corrected chi connectivity index (χ1v) is 7.81. The molecule has 118 valence electrons. The van der Waals surface area contributed by atoms with E-state index in [2.05, 4.69) is 15.6 Å². The molecular weight excluding hydrogens is 322 g/mol. The van der Waals surface area contributed by atoms with Crippen molar-refractivity contribution in [3.05, 3.63) is 35.8 Å². The molecule has 1 fully saturated rings. The molecule has 22 heavy (non-hydrogen) atoms. The zero-order valence-electron chi connectivity index (χ0n) is 12.0. The molecule has 2 aromatic rings. The summed E-state index contributed by atoms with van der Waals surface area (Å²) in [7, 11) is 0. The molecule has 1 amide bonds. The number of rotatable bonds is 4. The molecule has 0 radical (unpaired) electrons. The van der Waals surface area contributed by atoms with E-state index in [-0.39, 0.29) is 24.4 Å². The maximum Gasteiger partial charge on any atom is 0.226 e. The van der Waals surface area contributed by atoms with Crippen LogP contribution in [-0.2, 0) is 9.53 Å². The minimum absolute atomic E-state index is 0. The number of carbonyl (C=O) groups is 1. The van der Waals surface area contributed by atoms with Crippen molar-refractivity contribution in [1.82, 2.24) is 10.3 Å². The van der Waals surface area contributed by atoms with Crippen LogP contribution in [0.1, 0.15) is 6.42 Å². The molecule has 0 saturated carbocycles. The van der Waals surface area contributed by atoms with Crippen LogP contribution in [0.4, 0.5) is 5.00 Å². The fourth-order valence-electron chi connectivity index (χ4n) is 2.29. The van der Waals surface area contributed by atoms with Crippen molar-refractivity contribution in [3.8, 4) is 11.3 Å². The average molecular weight is 340 g/mol. The third-order valence-corrected chi connectivity index (χ3v) is 4.04. The average Bonchev–Trinajstić information content (AvgIpc) is 2.97. The molecule has 1 unspecified atom stereocenters. The van der Waals surface area contributed by atoms with E-state index in [9.17, 15) is 4.79 Å². The molecule has 7 heteroatoms. The Morgan fingerprint density at radius 2 is 2.23 bits per heavy atom. The lowest BCUT2D eigenvalue weighted by Gasteiger charge is -2.23. The summed E-state index contributed by atoms with van der Waals surface area (Å²) in [5.41, 5.74) is 3.58. The molecule has 1 aliphatic rings. The summed E-state index contributed by atoms with van der Waals surface area (Å²) in [6, 6.07) is 9.95. The van der Waals surface area contributed by atoms with Gasteiger partial charge in [-0.1, -0.05) is 30.3 Å². The fourth-order valence-corrected chi connectivity index (χ4v) is 3.01. The Hall–Kier alpha value is -1.47. The summed E-state index contributed by atoms with van der Waals surface area (Å²) in [6.45, 7) is 2.10. The molecule has 1 aliphatic heterocycles. The van der Waals surface area contributed by atoms with Gasteiger partial charge in [0.25, 0.3) is 0 Å². The molecular formula is C15H18ClN3O2S. The van der Waals surface area contributed by atoms with Crippen LogP contribution in [0.5, 0.6) is 0 Å². The number of benzene rings is 1. The van der Waals surface area contributed by atoms with Gasteiger partial charge < -0.3 is 15.4 Å². The highest BCUT2D eigenvalue weighted by molar-refractivity contribution is 7.14. The van der Waals surface area contributed by atoms with E-state index in [4.69, 9.17) is 4.74 Å². The van der Waals surface area contributed by atoms with Crippen LogP contribution >= 0.6 is 23.7 Å². The van der Waals surface area contributed by atoms with E-state index in [1.54, 1.807) is 5.51 Å². The second kappa shape index (κ2) is 8.24. The second-order valence-corrected chi connectivity index (χ2v) is 5.73. The standard InChI is InChI=1S/C15H17N3O2S.ClH/c19-13(8-12-9-20-7-6-16-12)18-15-14(17-10-21-15)11-4-2-1-3-5-11;/h1-5,10,12,16H,6-9H2,(H,18,19);1H. The van der Waals surface area contributed by atoms with Gasteiger partial charge in [-0.05, 0) is 0 Å². The third kappa shape index (κ3) is 4.27. The number of halogens is 1. The number of amides is 1. The van der Waals surface area contributed by atoms with Crippen LogP contribution in [0.2, 0.25) is 0 Å². The quantitative estimate of drug-likeness (QED) is 0.898. The first kappa shape index (κ1) is 16.9. The van der Waals surface area contributed by atoms with Gasteiger partial charge in [0.2, 0.25) is 5.91 Å². The largest absolute Gasteiger partial charge is 0.378 e. The Bertz CT molecular complexity index is 600. The summed E-state index contributed by atoms with van der Waals surface area (Å²) in [5, 5.41) is 7.03. The number of morpholine rings is 1. The zero-order chi connectivity index (χ0) is 14.5. The number of ether oxygens (including phenoxy) is 1. The first-order valence-electron chi connectivity index (χ1n) is 6.93. The van der Waals surface area contributed by atoms with Gasteiger partial charge >= 0.3 is 0 Å². The summed E-state index contributed by atoms with van der Waals surface area (Å²) >= 11 is 1.44. The molecule has 2 N–H and O–H groups in total. The topological polar surface area (TPSA) is 63.2 Å². The molecule has 1 aromatic carbocycles. The molecule has 1 aromatic heterocycles. The molecule has 0 bridgehead atoms. The van der Waals surface area contributed by atoms with Crippen molar-refractivity contribution in [3.63, 3.8) is 0 Å². The van der Waals surface area contributed by atoms with Crippen LogP contribution in [0.25, 0.3) is 11.3 Å². The van der Waals surface area contributed by atoms with Crippen LogP contribution in [0.3, 0.4) is 0 Å². The van der Waals surface area contributed by atoms with Gasteiger partial charge in [-0.25, -0.2) is 4.98 Å². The molecule has 1 atom stereocenters. The number of hydrogen-bond acceptors (Lipinski definition) is 5. The number of hydrogen-bond donors (Lipinski definition) is 2. The van der Waals surface area contributed by atoms with E-state index in [0.29, 0.717) is 19.6 Å². The fraction of sp³-hybridized carbons (Fsp3) is 0.333. The lowest BCUT2D eigenvalue weighted by molar-refractivity contribution is -0.117. The van der Waals surface area contributed by atoms with Gasteiger partial charge in [0.05, 0.1) is 18.7 Å². The predicted octanol–water partition coefficient (Wildman–Crippen LogP) is 2.55. The Labute approximate surface area is 139 Å². The van der Waals surface area contributed by atoms with Crippen molar-refractivity contribution < 1.29 is 9.53 Å². The number of carbonyl (C=O) groups excluding carboxylic acids is 1. The van der Waals surface area contributed by atoms with E-state index in [0.717, 1.165) is 22.8 Å². The number of thiazole rings is 1. The van der Waals surface area contributed by atoms with Gasteiger partial charge in [0.1, 0.15) is 10.7 Å². The van der Waals surface area contributed by atoms with Crippen molar-refractivity contribution in [2.45, 2.75) is 12.5 Å². The molecule has 0 aliphatic carbocycles. The minimum atomic E-state index is -0.0144. The Morgan fingerprint density at radius 1 is 1.41 bits per heavy atom. The Balaban J connectivity index is 0.00000176. The normalized spacial score (nSPS) is 17.5. The van der Waals surface area contributed by atoms with Crippen LogP contribution in [0, 0.1) is 0 Å². The van der Waals surface area contributed by atoms with Gasteiger partial charge in [0.15, 0.2) is 0 Å². The minimum Gasteiger partial charge on any atom is -0.378 e. The van der Waals surface area contributed by atoms with Crippen LogP contribution in [0.15, 0.2) is 35.8 Å². The third-order valence-electron chi connectivity index (χ3n) is 3.30. The van der Waals surface area contributed by atoms with Gasteiger partial charge in [-0.2, -0.15) is 0 Å². The van der Waals surface area contributed by atoms with Crippen molar-refractivity contribution in [2.24, 2.45) is 0 Å². The molecule has 0 spiro atoms. The highest BCUT2D eigenvalue weighted by atomic mass is 35.5. The van der Waals surface area contributed by atoms with Crippen LogP contribution in [-0.4, -0.2) is 36.7 Å². The number of nitrogens with one attached hydrogen (secondary N) is 2. The van der Waals surface area contributed by atoms with Crippen molar-refractivity contribution >= 4 is 34.7 Å². The van der Waals surface area contributed by atoms with Gasteiger partial charge in [-0.15, -0.1) is 23.7 Å². The predicted molar refractivity (Wildman–Crippen MR) is 90.7 cm³/mol.